The molecule has 0 atom stereocenters. The highest BCUT2D eigenvalue weighted by atomic mass is 16.1. The van der Waals surface area contributed by atoms with Crippen LogP contribution in [0.3, 0.4) is 0 Å². The van der Waals surface area contributed by atoms with Crippen molar-refractivity contribution >= 4 is 28.1 Å². The zero-order chi connectivity index (χ0) is 24.8. The zero-order valence-electron chi connectivity index (χ0n) is 20.2. The van der Waals surface area contributed by atoms with Gasteiger partial charge in [-0.3, -0.25) is 9.20 Å². The van der Waals surface area contributed by atoms with Crippen LogP contribution in [0.2, 0.25) is 0 Å². The number of fused-ring (bicyclic) bond motifs is 2. The zero-order valence-corrected chi connectivity index (χ0v) is 20.2. The Labute approximate surface area is 209 Å². The number of anilines is 1. The lowest BCUT2D eigenvalue weighted by atomic mass is 9.81. The van der Waals surface area contributed by atoms with Gasteiger partial charge < -0.3 is 11.5 Å². The van der Waals surface area contributed by atoms with Gasteiger partial charge in [-0.1, -0.05) is 42.5 Å². The summed E-state index contributed by atoms with van der Waals surface area (Å²) in [5.74, 6) is 1.38. The van der Waals surface area contributed by atoms with Crippen molar-refractivity contribution in [2.75, 3.05) is 5.73 Å². The second-order valence-electron chi connectivity index (χ2n) is 9.72. The van der Waals surface area contributed by atoms with Gasteiger partial charge in [0, 0.05) is 40.7 Å². The van der Waals surface area contributed by atoms with Crippen LogP contribution in [0.25, 0.3) is 38.9 Å². The Hall–Kier alpha value is -4.26. The van der Waals surface area contributed by atoms with E-state index in [2.05, 4.69) is 52.7 Å². The molecule has 1 amide bonds. The van der Waals surface area contributed by atoms with Gasteiger partial charge in [-0.05, 0) is 50.3 Å². The second kappa shape index (κ2) is 8.75. The number of nitrogens with zero attached hydrogens (tertiary/aromatic N) is 4. The number of imidazole rings is 1. The van der Waals surface area contributed by atoms with Gasteiger partial charge >= 0.3 is 0 Å². The van der Waals surface area contributed by atoms with Crippen molar-refractivity contribution in [2.45, 2.75) is 38.5 Å². The van der Waals surface area contributed by atoms with Gasteiger partial charge in [-0.15, -0.1) is 0 Å². The van der Waals surface area contributed by atoms with Crippen LogP contribution in [-0.4, -0.2) is 25.3 Å². The van der Waals surface area contributed by atoms with Crippen molar-refractivity contribution in [1.82, 2.24) is 19.4 Å². The van der Waals surface area contributed by atoms with E-state index in [9.17, 15) is 4.79 Å². The Morgan fingerprint density at radius 3 is 2.50 bits per heavy atom. The molecule has 1 aliphatic rings. The summed E-state index contributed by atoms with van der Waals surface area (Å²) in [6.07, 6.45) is 6.94. The molecule has 6 rings (SSSR count). The smallest absolute Gasteiger partial charge is 0.220 e. The van der Waals surface area contributed by atoms with Crippen molar-refractivity contribution in [2.24, 2.45) is 11.7 Å². The summed E-state index contributed by atoms with van der Waals surface area (Å²) in [5.41, 5.74) is 18.6. The Morgan fingerprint density at radius 1 is 0.972 bits per heavy atom. The van der Waals surface area contributed by atoms with Crippen LogP contribution in [0.1, 0.15) is 43.0 Å². The molecule has 3 aromatic heterocycles. The van der Waals surface area contributed by atoms with Gasteiger partial charge in [0.05, 0.1) is 11.2 Å². The standard InChI is InChI=1S/C29H28N6O/c1-17-15-23(18-5-3-2-4-6-18)33-24-16-21(11-12-22(17)24)25-26-27(30)32-13-14-35(26)29(34-25)20-9-7-19(8-10-20)28(31)36/h2-6,11-16,19-20H,7-10H2,1H3,(H2,30,32)(H2,31,36). The van der Waals surface area contributed by atoms with E-state index in [0.29, 0.717) is 5.82 Å². The molecule has 1 fully saturated rings. The fourth-order valence-corrected chi connectivity index (χ4v) is 5.52. The van der Waals surface area contributed by atoms with Crippen molar-refractivity contribution in [3.8, 4) is 22.5 Å². The summed E-state index contributed by atoms with van der Waals surface area (Å²) in [5, 5.41) is 1.11. The molecule has 4 N–H and O–H groups in total. The van der Waals surface area contributed by atoms with E-state index in [-0.39, 0.29) is 17.7 Å². The molecule has 5 aromatic rings. The Morgan fingerprint density at radius 2 is 1.75 bits per heavy atom. The van der Waals surface area contributed by atoms with Crippen LogP contribution in [0.15, 0.2) is 67.0 Å². The van der Waals surface area contributed by atoms with Crippen LogP contribution in [-0.2, 0) is 4.79 Å². The number of aryl methyl sites for hydroxylation is 1. The molecule has 7 heteroatoms. The fraction of sp³-hybridized carbons (Fsp3) is 0.241. The van der Waals surface area contributed by atoms with Gasteiger partial charge in [0.15, 0.2) is 0 Å². The second-order valence-corrected chi connectivity index (χ2v) is 9.72. The first kappa shape index (κ1) is 22.2. The number of primary amides is 1. The van der Waals surface area contributed by atoms with Crippen molar-refractivity contribution in [3.63, 3.8) is 0 Å². The molecule has 3 heterocycles. The summed E-state index contributed by atoms with van der Waals surface area (Å²) in [7, 11) is 0. The summed E-state index contributed by atoms with van der Waals surface area (Å²) < 4.78 is 2.07. The van der Waals surface area contributed by atoms with Crippen molar-refractivity contribution in [3.05, 3.63) is 78.4 Å². The lowest BCUT2D eigenvalue weighted by molar-refractivity contribution is -0.122. The number of carbonyl (C=O) groups is 1. The average molecular weight is 477 g/mol. The molecular formula is C29H28N6O. The molecule has 1 aliphatic carbocycles. The van der Waals surface area contributed by atoms with Crippen molar-refractivity contribution < 1.29 is 4.79 Å². The van der Waals surface area contributed by atoms with Gasteiger partial charge in [-0.25, -0.2) is 15.0 Å². The third kappa shape index (κ3) is 3.77. The number of nitrogen functional groups attached to an aromatic ring is 1. The van der Waals surface area contributed by atoms with Gasteiger partial charge in [0.25, 0.3) is 0 Å². The van der Waals surface area contributed by atoms with E-state index in [4.69, 9.17) is 21.4 Å². The molecule has 0 bridgehead atoms. The number of benzene rings is 2. The molecule has 0 unspecified atom stereocenters. The number of carbonyl (C=O) groups excluding carboxylic acids is 1. The lowest BCUT2D eigenvalue weighted by Gasteiger charge is -2.25. The number of aromatic nitrogens is 4. The quantitative estimate of drug-likeness (QED) is 0.367. The predicted octanol–water partition coefficient (Wildman–Crippen LogP) is 5.26. The summed E-state index contributed by atoms with van der Waals surface area (Å²) in [6.45, 7) is 2.12. The van der Waals surface area contributed by atoms with Gasteiger partial charge in [0.2, 0.25) is 5.91 Å². The molecule has 0 aliphatic heterocycles. The first-order chi connectivity index (χ1) is 17.5. The van der Waals surface area contributed by atoms with Crippen LogP contribution in [0.4, 0.5) is 5.82 Å². The molecule has 0 saturated heterocycles. The first-order valence-electron chi connectivity index (χ1n) is 12.4. The highest BCUT2D eigenvalue weighted by Gasteiger charge is 2.29. The molecule has 36 heavy (non-hydrogen) atoms. The largest absolute Gasteiger partial charge is 0.382 e. The average Bonchev–Trinajstić information content (AvgIpc) is 3.30. The highest BCUT2D eigenvalue weighted by molar-refractivity contribution is 5.92. The van der Waals surface area contributed by atoms with Crippen LogP contribution < -0.4 is 11.5 Å². The molecule has 0 radical (unpaired) electrons. The highest BCUT2D eigenvalue weighted by Crippen LogP contribution is 2.39. The van der Waals surface area contributed by atoms with Crippen LogP contribution in [0, 0.1) is 12.8 Å². The van der Waals surface area contributed by atoms with Crippen molar-refractivity contribution in [1.29, 1.82) is 0 Å². The number of pyridine rings is 1. The van der Waals surface area contributed by atoms with E-state index in [1.807, 2.05) is 24.4 Å². The summed E-state index contributed by atoms with van der Waals surface area (Å²) in [6, 6.07) is 18.6. The molecule has 0 spiro atoms. The SMILES string of the molecule is Cc1cc(-c2ccccc2)nc2cc(-c3nc(C4CCC(C(N)=O)CC4)n4ccnc(N)c34)ccc12. The van der Waals surface area contributed by atoms with E-state index in [1.54, 1.807) is 6.20 Å². The molecular weight excluding hydrogens is 448 g/mol. The summed E-state index contributed by atoms with van der Waals surface area (Å²) >= 11 is 0. The number of amides is 1. The minimum absolute atomic E-state index is 0.0488. The minimum atomic E-state index is -0.204. The van der Waals surface area contributed by atoms with Crippen LogP contribution in [0.5, 0.6) is 0 Å². The maximum atomic E-state index is 11.7. The van der Waals surface area contributed by atoms with E-state index in [1.165, 1.54) is 5.56 Å². The third-order valence-electron chi connectivity index (χ3n) is 7.46. The lowest BCUT2D eigenvalue weighted by Crippen LogP contribution is -2.27. The Kier molecular flexibility index (Phi) is 5.40. The monoisotopic (exact) mass is 476 g/mol. The molecule has 180 valence electrons. The van der Waals surface area contributed by atoms with E-state index < -0.39 is 0 Å². The van der Waals surface area contributed by atoms with Crippen LogP contribution >= 0.6 is 0 Å². The minimum Gasteiger partial charge on any atom is -0.382 e. The Bertz CT molecular complexity index is 1600. The normalized spacial score (nSPS) is 18.0. The maximum absolute atomic E-state index is 11.7. The first-order valence-corrected chi connectivity index (χ1v) is 12.4. The Balaban J connectivity index is 1.47. The number of hydrogen-bond donors (Lipinski definition) is 2. The van der Waals surface area contributed by atoms with E-state index >= 15 is 0 Å². The predicted molar refractivity (Wildman–Crippen MR) is 142 cm³/mol. The number of nitrogens with two attached hydrogens (primary N) is 2. The van der Waals surface area contributed by atoms with Gasteiger partial charge in [0.1, 0.15) is 22.9 Å². The third-order valence-corrected chi connectivity index (χ3v) is 7.46. The van der Waals surface area contributed by atoms with Gasteiger partial charge in [-0.2, -0.15) is 0 Å². The fourth-order valence-electron chi connectivity index (χ4n) is 5.52. The number of rotatable bonds is 4. The number of hydrogen-bond acceptors (Lipinski definition) is 5. The molecule has 2 aromatic carbocycles. The molecule has 1 saturated carbocycles. The molecule has 7 nitrogen and oxygen atoms in total. The van der Waals surface area contributed by atoms with E-state index in [0.717, 1.165) is 70.4 Å². The maximum Gasteiger partial charge on any atom is 0.220 e. The summed E-state index contributed by atoms with van der Waals surface area (Å²) in [4.78, 5) is 26.1. The topological polar surface area (TPSA) is 112 Å².